The molecule has 1 heterocycles. The quantitative estimate of drug-likeness (QED) is 0.640. The first-order valence-electron chi connectivity index (χ1n) is 10.1. The van der Waals surface area contributed by atoms with Gasteiger partial charge in [0.05, 0.1) is 4.90 Å². The van der Waals surface area contributed by atoms with Crippen LogP contribution in [0.15, 0.2) is 53.4 Å². The molecule has 0 aliphatic carbocycles. The van der Waals surface area contributed by atoms with Gasteiger partial charge in [-0.3, -0.25) is 4.79 Å². The molecule has 3 rings (SSSR count). The number of rotatable bonds is 9. The van der Waals surface area contributed by atoms with Crippen LogP contribution in [0.4, 0.5) is 5.69 Å². The minimum absolute atomic E-state index is 0.0668. The van der Waals surface area contributed by atoms with Gasteiger partial charge in [0.1, 0.15) is 0 Å². The number of sulfonamides is 1. The predicted octanol–water partition coefficient (Wildman–Crippen LogP) is 2.79. The number of fused-ring (bicyclic) bond motifs is 1. The highest BCUT2D eigenvalue weighted by molar-refractivity contribution is 7.89. The number of nitrogens with zero attached hydrogens (tertiary/aromatic N) is 2. The zero-order chi connectivity index (χ0) is 20.9. The van der Waals surface area contributed by atoms with Crippen molar-refractivity contribution in [2.45, 2.75) is 37.6 Å². The highest BCUT2D eigenvalue weighted by Gasteiger charge is 2.25. The normalized spacial score (nSPS) is 13.7. The molecule has 29 heavy (non-hydrogen) atoms. The Morgan fingerprint density at radius 1 is 1.17 bits per heavy atom. The van der Waals surface area contributed by atoms with Crippen LogP contribution in [-0.4, -0.2) is 45.9 Å². The van der Waals surface area contributed by atoms with E-state index in [1.165, 1.54) is 5.56 Å². The molecule has 0 bridgehead atoms. The third kappa shape index (κ3) is 5.44. The molecule has 0 spiro atoms. The van der Waals surface area contributed by atoms with Gasteiger partial charge in [-0.05, 0) is 55.8 Å². The van der Waals surface area contributed by atoms with Gasteiger partial charge >= 0.3 is 0 Å². The van der Waals surface area contributed by atoms with Crippen molar-refractivity contribution in [1.29, 1.82) is 0 Å². The summed E-state index contributed by atoms with van der Waals surface area (Å²) in [6.07, 6.45) is 1.86. The molecule has 2 aromatic carbocycles. The molecule has 0 fully saturated rings. The summed E-state index contributed by atoms with van der Waals surface area (Å²) in [5.74, 6) is 0.0668. The lowest BCUT2D eigenvalue weighted by molar-refractivity contribution is -0.118. The lowest BCUT2D eigenvalue weighted by Gasteiger charge is -2.17. The Labute approximate surface area is 173 Å². The molecule has 6 nitrogen and oxygen atoms in total. The van der Waals surface area contributed by atoms with E-state index in [0.29, 0.717) is 25.9 Å². The highest BCUT2D eigenvalue weighted by Crippen LogP contribution is 2.30. The molecule has 0 saturated heterocycles. The molecule has 1 amide bonds. The maximum atomic E-state index is 12.6. The Kier molecular flexibility index (Phi) is 7.05. The van der Waals surface area contributed by atoms with Crippen molar-refractivity contribution in [3.63, 3.8) is 0 Å². The van der Waals surface area contributed by atoms with Gasteiger partial charge < -0.3 is 9.80 Å². The molecule has 0 unspecified atom stereocenters. The molecule has 0 aromatic heterocycles. The van der Waals surface area contributed by atoms with Gasteiger partial charge in [-0.15, -0.1) is 0 Å². The van der Waals surface area contributed by atoms with E-state index in [0.717, 1.165) is 30.8 Å². The second-order valence-corrected chi connectivity index (χ2v) is 9.18. The number of carbonyl (C=O) groups excluding carboxylic acids is 1. The van der Waals surface area contributed by atoms with E-state index in [4.69, 9.17) is 0 Å². The molecule has 0 atom stereocenters. The lowest BCUT2D eigenvalue weighted by Crippen LogP contribution is -2.28. The molecule has 0 saturated carbocycles. The SMILES string of the molecule is CCC(=O)N1CCc2cc(S(=O)(=O)NCCCN(C)Cc3ccccc3)ccc21. The largest absolute Gasteiger partial charge is 0.312 e. The van der Waals surface area contributed by atoms with Gasteiger partial charge in [-0.2, -0.15) is 0 Å². The number of hydrogen-bond acceptors (Lipinski definition) is 4. The molecule has 1 aliphatic heterocycles. The van der Waals surface area contributed by atoms with Crippen molar-refractivity contribution >= 4 is 21.6 Å². The Balaban J connectivity index is 1.52. The highest BCUT2D eigenvalue weighted by atomic mass is 32.2. The summed E-state index contributed by atoms with van der Waals surface area (Å²) >= 11 is 0. The average Bonchev–Trinajstić information content (AvgIpc) is 3.15. The number of anilines is 1. The fourth-order valence-corrected chi connectivity index (χ4v) is 4.73. The molecule has 1 N–H and O–H groups in total. The summed E-state index contributed by atoms with van der Waals surface area (Å²) in [6, 6.07) is 15.2. The third-order valence-corrected chi connectivity index (χ3v) is 6.62. The van der Waals surface area contributed by atoms with E-state index in [2.05, 4.69) is 21.8 Å². The van der Waals surface area contributed by atoms with Gasteiger partial charge in [0, 0.05) is 31.7 Å². The maximum absolute atomic E-state index is 12.6. The van der Waals surface area contributed by atoms with Crippen LogP contribution in [-0.2, 0) is 27.8 Å². The van der Waals surface area contributed by atoms with Crippen LogP contribution < -0.4 is 9.62 Å². The van der Waals surface area contributed by atoms with Crippen LogP contribution >= 0.6 is 0 Å². The summed E-state index contributed by atoms with van der Waals surface area (Å²) in [5.41, 5.74) is 2.99. The summed E-state index contributed by atoms with van der Waals surface area (Å²) in [4.78, 5) is 16.2. The predicted molar refractivity (Wildman–Crippen MR) is 115 cm³/mol. The fourth-order valence-electron chi connectivity index (χ4n) is 3.61. The molecule has 2 aromatic rings. The Hall–Kier alpha value is -2.22. The number of nitrogens with one attached hydrogen (secondary N) is 1. The third-order valence-electron chi connectivity index (χ3n) is 5.16. The number of amides is 1. The first kappa shape index (κ1) is 21.5. The lowest BCUT2D eigenvalue weighted by atomic mass is 10.2. The average molecular weight is 416 g/mol. The van der Waals surface area contributed by atoms with E-state index in [-0.39, 0.29) is 10.8 Å². The second kappa shape index (κ2) is 9.52. The van der Waals surface area contributed by atoms with Crippen molar-refractivity contribution < 1.29 is 13.2 Å². The molecule has 156 valence electrons. The topological polar surface area (TPSA) is 69.7 Å². The fraction of sp³-hybridized carbons (Fsp3) is 0.409. The van der Waals surface area contributed by atoms with Crippen molar-refractivity contribution in [2.75, 3.05) is 31.6 Å². The first-order valence-corrected chi connectivity index (χ1v) is 11.5. The summed E-state index contributed by atoms with van der Waals surface area (Å²) < 4.78 is 28.0. The van der Waals surface area contributed by atoms with E-state index in [1.54, 1.807) is 23.1 Å². The number of hydrogen-bond donors (Lipinski definition) is 1. The van der Waals surface area contributed by atoms with E-state index < -0.39 is 10.0 Å². The van der Waals surface area contributed by atoms with Crippen molar-refractivity contribution in [3.8, 4) is 0 Å². The molecule has 0 radical (unpaired) electrons. The van der Waals surface area contributed by atoms with E-state index in [1.807, 2.05) is 32.2 Å². The van der Waals surface area contributed by atoms with Crippen molar-refractivity contribution in [3.05, 3.63) is 59.7 Å². The van der Waals surface area contributed by atoms with Crippen LogP contribution in [0.5, 0.6) is 0 Å². The number of benzene rings is 2. The zero-order valence-electron chi connectivity index (χ0n) is 17.1. The molecular formula is C22H29N3O3S. The van der Waals surface area contributed by atoms with Gasteiger partial charge in [-0.25, -0.2) is 13.1 Å². The Bertz CT molecular complexity index is 945. The summed E-state index contributed by atoms with van der Waals surface area (Å²) in [5, 5.41) is 0. The second-order valence-electron chi connectivity index (χ2n) is 7.41. The Morgan fingerprint density at radius 3 is 2.66 bits per heavy atom. The van der Waals surface area contributed by atoms with Crippen molar-refractivity contribution in [1.82, 2.24) is 9.62 Å². The van der Waals surface area contributed by atoms with Crippen LogP contribution in [0.3, 0.4) is 0 Å². The van der Waals surface area contributed by atoms with Gasteiger partial charge in [0.15, 0.2) is 0 Å². The summed E-state index contributed by atoms with van der Waals surface area (Å²) in [7, 11) is -1.52. The van der Waals surface area contributed by atoms with Crippen LogP contribution in [0.1, 0.15) is 30.9 Å². The van der Waals surface area contributed by atoms with Gasteiger partial charge in [-0.1, -0.05) is 37.3 Å². The standard InChI is InChI=1S/C22H29N3O3S/c1-3-22(26)25-15-12-19-16-20(10-11-21(19)25)29(27,28)23-13-7-14-24(2)17-18-8-5-4-6-9-18/h4-6,8-11,16,23H,3,7,12-15,17H2,1-2H3. The van der Waals surface area contributed by atoms with Crippen LogP contribution in [0.25, 0.3) is 0 Å². The van der Waals surface area contributed by atoms with Crippen LogP contribution in [0.2, 0.25) is 0 Å². The zero-order valence-corrected chi connectivity index (χ0v) is 17.9. The number of carbonyl (C=O) groups is 1. The van der Waals surface area contributed by atoms with Gasteiger partial charge in [0.25, 0.3) is 0 Å². The van der Waals surface area contributed by atoms with Crippen LogP contribution in [0, 0.1) is 0 Å². The smallest absolute Gasteiger partial charge is 0.240 e. The first-order chi connectivity index (χ1) is 13.9. The van der Waals surface area contributed by atoms with Gasteiger partial charge in [0.2, 0.25) is 15.9 Å². The Morgan fingerprint density at radius 2 is 1.93 bits per heavy atom. The minimum atomic E-state index is -3.55. The van der Waals surface area contributed by atoms with E-state index >= 15 is 0 Å². The van der Waals surface area contributed by atoms with E-state index in [9.17, 15) is 13.2 Å². The minimum Gasteiger partial charge on any atom is -0.312 e. The van der Waals surface area contributed by atoms with Crippen molar-refractivity contribution in [2.24, 2.45) is 0 Å². The monoisotopic (exact) mass is 415 g/mol. The molecular weight excluding hydrogens is 386 g/mol. The molecule has 1 aliphatic rings. The maximum Gasteiger partial charge on any atom is 0.240 e. The summed E-state index contributed by atoms with van der Waals surface area (Å²) in [6.45, 7) is 4.48. The molecule has 7 heteroatoms.